The number of nitrogens with one attached hydrogen (secondary N) is 1. The molecule has 1 aliphatic heterocycles. The van der Waals surface area contributed by atoms with Gasteiger partial charge in [0.1, 0.15) is 12.0 Å². The Bertz CT molecular complexity index is 470. The Hall–Kier alpha value is -1.17. The van der Waals surface area contributed by atoms with Crippen LogP contribution in [0.5, 0.6) is 0 Å². The summed E-state index contributed by atoms with van der Waals surface area (Å²) in [6, 6.07) is 0. The highest BCUT2D eigenvalue weighted by atomic mass is 19.1. The van der Waals surface area contributed by atoms with Crippen molar-refractivity contribution in [2.75, 3.05) is 6.54 Å². The van der Waals surface area contributed by atoms with Gasteiger partial charge in [-0.1, -0.05) is 12.2 Å². The number of rotatable bonds is 3. The Morgan fingerprint density at radius 2 is 2.20 bits per heavy atom. The van der Waals surface area contributed by atoms with Gasteiger partial charge in [0.05, 0.1) is 6.10 Å². The molecule has 4 N–H and O–H groups in total. The maximum atomic E-state index is 14.5. The Morgan fingerprint density at radius 1 is 1.55 bits per heavy atom. The first-order chi connectivity index (χ1) is 9.32. The maximum absolute atomic E-state index is 14.5. The number of aliphatic hydroxyl groups is 3. The molecule has 0 saturated carbocycles. The number of hydrogen-bond acceptors (Lipinski definition) is 4. The van der Waals surface area contributed by atoms with E-state index in [0.29, 0.717) is 29.7 Å². The van der Waals surface area contributed by atoms with E-state index in [2.05, 4.69) is 11.9 Å². The van der Waals surface area contributed by atoms with Crippen LogP contribution in [0.1, 0.15) is 20.3 Å². The summed E-state index contributed by atoms with van der Waals surface area (Å²) in [6.45, 7) is 7.71. The van der Waals surface area contributed by atoms with Crippen LogP contribution in [-0.2, 0) is 0 Å². The van der Waals surface area contributed by atoms with Crippen molar-refractivity contribution in [2.45, 2.75) is 38.8 Å². The molecule has 0 radical (unpaired) electrons. The van der Waals surface area contributed by atoms with Gasteiger partial charge in [-0.3, -0.25) is 5.32 Å². The van der Waals surface area contributed by atoms with E-state index in [4.69, 9.17) is 0 Å². The number of allylic oxidation sites excluding steroid dienone is 3. The molecular formula is C15H22FNO3. The van der Waals surface area contributed by atoms with Crippen LogP contribution in [0.3, 0.4) is 0 Å². The monoisotopic (exact) mass is 283 g/mol. The van der Waals surface area contributed by atoms with Crippen LogP contribution in [0.4, 0.5) is 4.39 Å². The fraction of sp³-hybridized carbons (Fsp3) is 0.600. The average Bonchev–Trinajstić information content (AvgIpc) is 2.77. The van der Waals surface area contributed by atoms with Crippen LogP contribution in [0.2, 0.25) is 0 Å². The second kappa shape index (κ2) is 5.68. The molecule has 0 bridgehead atoms. The van der Waals surface area contributed by atoms with E-state index >= 15 is 0 Å². The fourth-order valence-electron chi connectivity index (χ4n) is 3.21. The predicted octanol–water partition coefficient (Wildman–Crippen LogP) is 1.58. The van der Waals surface area contributed by atoms with Crippen LogP contribution >= 0.6 is 0 Å². The quantitative estimate of drug-likeness (QED) is 0.634. The summed E-state index contributed by atoms with van der Waals surface area (Å²) in [6.07, 6.45) is -1.27. The van der Waals surface area contributed by atoms with Crippen molar-refractivity contribution in [2.24, 2.45) is 11.8 Å². The molecule has 1 saturated heterocycles. The van der Waals surface area contributed by atoms with Crippen molar-refractivity contribution in [3.63, 3.8) is 0 Å². The molecule has 0 spiro atoms. The zero-order chi connectivity index (χ0) is 15.0. The normalized spacial score (nSPS) is 36.0. The van der Waals surface area contributed by atoms with Crippen LogP contribution in [0.25, 0.3) is 0 Å². The topological polar surface area (TPSA) is 72.7 Å². The molecule has 20 heavy (non-hydrogen) atoms. The van der Waals surface area contributed by atoms with E-state index in [1.807, 2.05) is 0 Å². The maximum Gasteiger partial charge on any atom is 0.164 e. The van der Waals surface area contributed by atoms with E-state index in [1.165, 1.54) is 6.08 Å². The van der Waals surface area contributed by atoms with Gasteiger partial charge in [0.2, 0.25) is 0 Å². The lowest BCUT2D eigenvalue weighted by molar-refractivity contribution is 0.134. The fourth-order valence-corrected chi connectivity index (χ4v) is 3.21. The molecule has 0 aromatic heterocycles. The summed E-state index contributed by atoms with van der Waals surface area (Å²) in [5, 5.41) is 32.2. The minimum atomic E-state index is -1.53. The molecule has 1 fully saturated rings. The largest absolute Gasteiger partial charge is 0.509 e. The van der Waals surface area contributed by atoms with Gasteiger partial charge < -0.3 is 15.3 Å². The zero-order valence-electron chi connectivity index (χ0n) is 11.8. The summed E-state index contributed by atoms with van der Waals surface area (Å²) in [5.74, 6) is -1.10. The molecule has 2 rings (SSSR count). The second-order valence-electron chi connectivity index (χ2n) is 5.74. The molecule has 0 amide bonds. The summed E-state index contributed by atoms with van der Waals surface area (Å²) >= 11 is 0. The van der Waals surface area contributed by atoms with Crippen molar-refractivity contribution in [3.8, 4) is 0 Å². The molecule has 5 unspecified atom stereocenters. The van der Waals surface area contributed by atoms with Crippen LogP contribution in [-0.4, -0.2) is 40.4 Å². The Morgan fingerprint density at radius 3 is 2.65 bits per heavy atom. The molecule has 0 aromatic rings. The first-order valence-electron chi connectivity index (χ1n) is 6.87. The third-order valence-corrected chi connectivity index (χ3v) is 4.10. The van der Waals surface area contributed by atoms with Crippen molar-refractivity contribution in [1.82, 2.24) is 5.32 Å². The molecule has 2 aliphatic rings. The van der Waals surface area contributed by atoms with Gasteiger partial charge in [-0.15, -0.1) is 0 Å². The minimum absolute atomic E-state index is 0.142. The number of alkyl halides is 1. The highest BCUT2D eigenvalue weighted by Gasteiger charge is 2.42. The number of aliphatic hydroxyl groups excluding tert-OH is 3. The van der Waals surface area contributed by atoms with E-state index in [1.54, 1.807) is 13.8 Å². The van der Waals surface area contributed by atoms with Crippen LogP contribution in [0, 0.1) is 11.8 Å². The third kappa shape index (κ3) is 2.66. The summed E-state index contributed by atoms with van der Waals surface area (Å²) in [7, 11) is 0. The molecule has 4 nitrogen and oxygen atoms in total. The molecule has 0 aromatic carbocycles. The summed E-state index contributed by atoms with van der Waals surface area (Å²) in [5.41, 5.74) is 1.85. The molecular weight excluding hydrogens is 261 g/mol. The van der Waals surface area contributed by atoms with Gasteiger partial charge in [0.15, 0.2) is 6.17 Å². The van der Waals surface area contributed by atoms with Crippen molar-refractivity contribution < 1.29 is 19.7 Å². The van der Waals surface area contributed by atoms with Crippen LogP contribution < -0.4 is 5.32 Å². The Labute approximate surface area is 118 Å². The first-order valence-corrected chi connectivity index (χ1v) is 6.87. The molecule has 5 atom stereocenters. The first kappa shape index (κ1) is 15.2. The standard InChI is InChI=1S/C15H22FNO3/c1-7(2)13-10(8(3)18)5-11(19)15(16)14(13)9-4-12(20)17-6-9/h5,8-9,12,14-15,17-20H,1,4,6H2,2-3H3. The van der Waals surface area contributed by atoms with Gasteiger partial charge in [0.25, 0.3) is 0 Å². The summed E-state index contributed by atoms with van der Waals surface area (Å²) in [4.78, 5) is 0. The van der Waals surface area contributed by atoms with Gasteiger partial charge in [-0.2, -0.15) is 0 Å². The van der Waals surface area contributed by atoms with Gasteiger partial charge >= 0.3 is 0 Å². The lowest BCUT2D eigenvalue weighted by Gasteiger charge is -2.34. The Kier molecular flexibility index (Phi) is 4.32. The van der Waals surface area contributed by atoms with Crippen molar-refractivity contribution in [3.05, 3.63) is 35.1 Å². The van der Waals surface area contributed by atoms with Crippen LogP contribution in [0.15, 0.2) is 35.1 Å². The van der Waals surface area contributed by atoms with E-state index in [0.717, 1.165) is 0 Å². The SMILES string of the molecule is C=C(C)C1=C(C(C)O)C=C(O)C(F)C1C1CNC(O)C1. The van der Waals surface area contributed by atoms with Gasteiger partial charge in [-0.25, -0.2) is 4.39 Å². The third-order valence-electron chi connectivity index (χ3n) is 4.10. The average molecular weight is 283 g/mol. The second-order valence-corrected chi connectivity index (χ2v) is 5.74. The summed E-state index contributed by atoms with van der Waals surface area (Å²) < 4.78 is 14.5. The number of halogens is 1. The van der Waals surface area contributed by atoms with Crippen molar-refractivity contribution in [1.29, 1.82) is 0 Å². The van der Waals surface area contributed by atoms with Gasteiger partial charge in [0, 0.05) is 12.5 Å². The predicted molar refractivity (Wildman–Crippen MR) is 74.7 cm³/mol. The Balaban J connectivity index is 2.46. The van der Waals surface area contributed by atoms with E-state index in [-0.39, 0.29) is 11.7 Å². The number of hydrogen-bond donors (Lipinski definition) is 4. The molecule has 112 valence electrons. The molecule has 5 heteroatoms. The van der Waals surface area contributed by atoms with Crippen molar-refractivity contribution >= 4 is 0 Å². The smallest absolute Gasteiger partial charge is 0.164 e. The van der Waals surface area contributed by atoms with Gasteiger partial charge in [-0.05, 0) is 43.4 Å². The highest BCUT2D eigenvalue weighted by molar-refractivity contribution is 5.47. The lowest BCUT2D eigenvalue weighted by atomic mass is 9.73. The highest BCUT2D eigenvalue weighted by Crippen LogP contribution is 2.42. The lowest BCUT2D eigenvalue weighted by Crippen LogP contribution is -2.34. The zero-order valence-corrected chi connectivity index (χ0v) is 11.8. The van der Waals surface area contributed by atoms with E-state index < -0.39 is 24.4 Å². The minimum Gasteiger partial charge on any atom is -0.509 e. The van der Waals surface area contributed by atoms with E-state index in [9.17, 15) is 19.7 Å². The molecule has 1 heterocycles. The molecule has 1 aliphatic carbocycles.